The fraction of sp³-hybridized carbons (Fsp3) is 0.0769. The van der Waals surface area contributed by atoms with Gasteiger partial charge in [0.05, 0.1) is 11.8 Å². The molecule has 34 heavy (non-hydrogen) atoms. The van der Waals surface area contributed by atoms with E-state index in [2.05, 4.69) is 4.98 Å². The van der Waals surface area contributed by atoms with E-state index in [9.17, 15) is 18.0 Å². The molecular formula is C26H16ClF3N2O2. The zero-order valence-electron chi connectivity index (χ0n) is 17.5. The van der Waals surface area contributed by atoms with E-state index < -0.39 is 23.2 Å². The monoisotopic (exact) mass is 480 g/mol. The van der Waals surface area contributed by atoms with Crippen LogP contribution in [0.2, 0.25) is 5.02 Å². The summed E-state index contributed by atoms with van der Waals surface area (Å²) in [5.74, 6) is -0.991. The van der Waals surface area contributed by atoms with Crippen LogP contribution in [-0.4, -0.2) is 15.3 Å². The fourth-order valence-corrected chi connectivity index (χ4v) is 4.11. The predicted molar refractivity (Wildman–Crippen MR) is 123 cm³/mol. The van der Waals surface area contributed by atoms with E-state index in [-0.39, 0.29) is 29.1 Å². The quantitative estimate of drug-likeness (QED) is 0.249. The number of carbonyl (C=O) groups excluding carboxylic acids is 1. The van der Waals surface area contributed by atoms with Crippen LogP contribution in [0.5, 0.6) is 0 Å². The van der Waals surface area contributed by atoms with Crippen molar-refractivity contribution in [1.82, 2.24) is 9.55 Å². The third-order valence-electron chi connectivity index (χ3n) is 5.47. The van der Waals surface area contributed by atoms with Crippen LogP contribution in [0, 0.1) is 0 Å². The lowest BCUT2D eigenvalue weighted by Crippen LogP contribution is -2.18. The predicted octanol–water partition coefficient (Wildman–Crippen LogP) is 7.25. The molecule has 0 aliphatic carbocycles. The molecule has 0 atom stereocenters. The van der Waals surface area contributed by atoms with Gasteiger partial charge in [-0.3, -0.25) is 4.79 Å². The highest BCUT2D eigenvalue weighted by Gasteiger charge is 2.42. The average Bonchev–Trinajstić information content (AvgIpc) is 3.44. The molecule has 0 radical (unpaired) electrons. The molecule has 5 aromatic rings. The zero-order chi connectivity index (χ0) is 23.9. The Hall–Kier alpha value is -3.84. The maximum Gasteiger partial charge on any atom is 0.432 e. The van der Waals surface area contributed by atoms with Gasteiger partial charge in [0.2, 0.25) is 11.7 Å². The summed E-state index contributed by atoms with van der Waals surface area (Å²) >= 11 is 5.93. The normalized spacial score (nSPS) is 11.8. The molecule has 0 unspecified atom stereocenters. The van der Waals surface area contributed by atoms with E-state index in [1.54, 1.807) is 66.7 Å². The van der Waals surface area contributed by atoms with Crippen LogP contribution in [0.25, 0.3) is 22.4 Å². The Kier molecular flexibility index (Phi) is 5.49. The lowest BCUT2D eigenvalue weighted by Gasteiger charge is -2.14. The molecule has 5 rings (SSSR count). The summed E-state index contributed by atoms with van der Waals surface area (Å²) in [6.07, 6.45) is -3.63. The lowest BCUT2D eigenvalue weighted by molar-refractivity contribution is -0.143. The van der Waals surface area contributed by atoms with Gasteiger partial charge in [-0.15, -0.1) is 0 Å². The highest BCUT2D eigenvalue weighted by Crippen LogP contribution is 2.40. The van der Waals surface area contributed by atoms with Crippen molar-refractivity contribution in [2.45, 2.75) is 12.7 Å². The molecule has 4 nitrogen and oxygen atoms in total. The molecule has 0 amide bonds. The van der Waals surface area contributed by atoms with Crippen molar-refractivity contribution in [3.8, 4) is 11.5 Å². The molecule has 3 aromatic carbocycles. The number of hydrogen-bond donors (Lipinski definition) is 0. The first-order valence-electron chi connectivity index (χ1n) is 10.3. The van der Waals surface area contributed by atoms with Crippen molar-refractivity contribution in [2.24, 2.45) is 0 Å². The minimum absolute atomic E-state index is 0.0918. The first-order chi connectivity index (χ1) is 16.3. The minimum Gasteiger partial charge on any atom is -0.433 e. The van der Waals surface area contributed by atoms with Gasteiger partial charge in [-0.25, -0.2) is 4.98 Å². The Morgan fingerprint density at radius 1 is 0.941 bits per heavy atom. The number of fused-ring (bicyclic) bond motifs is 1. The molecule has 2 aromatic heterocycles. The third-order valence-corrected chi connectivity index (χ3v) is 5.72. The number of oxazole rings is 1. The van der Waals surface area contributed by atoms with E-state index >= 15 is 0 Å². The molecule has 2 heterocycles. The van der Waals surface area contributed by atoms with Crippen molar-refractivity contribution < 1.29 is 22.4 Å². The molecule has 170 valence electrons. The van der Waals surface area contributed by atoms with Gasteiger partial charge in [0, 0.05) is 28.0 Å². The molecule has 0 saturated heterocycles. The van der Waals surface area contributed by atoms with Gasteiger partial charge in [-0.2, -0.15) is 13.2 Å². The second-order valence-electron chi connectivity index (χ2n) is 7.68. The third kappa shape index (κ3) is 3.99. The van der Waals surface area contributed by atoms with Crippen molar-refractivity contribution in [2.75, 3.05) is 0 Å². The van der Waals surface area contributed by atoms with Crippen LogP contribution < -0.4 is 0 Å². The molecule has 0 fully saturated rings. The molecule has 0 spiro atoms. The summed E-state index contributed by atoms with van der Waals surface area (Å²) in [5.41, 5.74) is 0.0125. The molecule has 0 bridgehead atoms. The van der Waals surface area contributed by atoms with Crippen LogP contribution in [0.15, 0.2) is 89.5 Å². The number of benzene rings is 3. The lowest BCUT2D eigenvalue weighted by atomic mass is 10.0. The summed E-state index contributed by atoms with van der Waals surface area (Å²) in [6.45, 7) is -0.0918. The van der Waals surface area contributed by atoms with E-state index in [4.69, 9.17) is 16.0 Å². The number of para-hydroxylation sites is 1. The van der Waals surface area contributed by atoms with Gasteiger partial charge in [-0.1, -0.05) is 60.1 Å². The largest absolute Gasteiger partial charge is 0.433 e. The Labute approximate surface area is 197 Å². The Morgan fingerprint density at radius 3 is 2.32 bits per heavy atom. The number of rotatable bonds is 5. The van der Waals surface area contributed by atoms with E-state index in [1.165, 1.54) is 6.07 Å². The van der Waals surface area contributed by atoms with Gasteiger partial charge in [0.15, 0.2) is 5.76 Å². The summed E-state index contributed by atoms with van der Waals surface area (Å²) in [4.78, 5) is 17.5. The topological polar surface area (TPSA) is 48.0 Å². The average molecular weight is 481 g/mol. The van der Waals surface area contributed by atoms with Gasteiger partial charge < -0.3 is 8.98 Å². The SMILES string of the molecule is O=C(c1cnc(-c2ccccc2)o1)c1c(C(F)(F)F)n(Cc2ccc(Cl)cc2)c2ccccc12. The molecule has 8 heteroatoms. The molecule has 0 aliphatic rings. The minimum atomic E-state index is -4.79. The molecule has 0 aliphatic heterocycles. The number of nitrogens with zero attached hydrogens (tertiary/aromatic N) is 2. The van der Waals surface area contributed by atoms with Gasteiger partial charge in [-0.05, 0) is 35.9 Å². The van der Waals surface area contributed by atoms with Crippen molar-refractivity contribution >= 4 is 28.3 Å². The summed E-state index contributed by atoms with van der Waals surface area (Å²) in [7, 11) is 0. The standard InChI is InChI=1S/C26H16ClF3N2O2/c27-18-12-10-16(11-13-18)15-32-20-9-5-4-8-19(20)22(24(32)26(28,29)30)23(33)21-14-31-25(34-21)17-6-2-1-3-7-17/h1-14H,15H2. The zero-order valence-corrected chi connectivity index (χ0v) is 18.3. The van der Waals surface area contributed by atoms with Gasteiger partial charge in [0.1, 0.15) is 5.69 Å². The fourth-order valence-electron chi connectivity index (χ4n) is 3.98. The number of carbonyl (C=O) groups is 1. The number of ketones is 1. The second kappa shape index (κ2) is 8.50. The Balaban J connectivity index is 1.67. The number of aromatic nitrogens is 2. The van der Waals surface area contributed by atoms with Crippen LogP contribution in [-0.2, 0) is 12.7 Å². The highest BCUT2D eigenvalue weighted by atomic mass is 35.5. The first-order valence-corrected chi connectivity index (χ1v) is 10.7. The maximum absolute atomic E-state index is 14.4. The van der Waals surface area contributed by atoms with E-state index in [0.717, 1.165) is 10.8 Å². The van der Waals surface area contributed by atoms with Crippen molar-refractivity contribution in [3.05, 3.63) is 113 Å². The number of halogens is 4. The first kappa shape index (κ1) is 22.0. The summed E-state index contributed by atoms with van der Waals surface area (Å²) < 4.78 is 50.0. The molecule has 0 saturated carbocycles. The van der Waals surface area contributed by atoms with E-state index in [0.29, 0.717) is 16.1 Å². The van der Waals surface area contributed by atoms with Gasteiger partial charge in [0.25, 0.3) is 0 Å². The maximum atomic E-state index is 14.4. The van der Waals surface area contributed by atoms with Gasteiger partial charge >= 0.3 is 6.18 Å². The Morgan fingerprint density at radius 2 is 1.62 bits per heavy atom. The van der Waals surface area contributed by atoms with E-state index in [1.807, 2.05) is 6.07 Å². The summed E-state index contributed by atoms with van der Waals surface area (Å²) in [5, 5.41) is 0.666. The molecular weight excluding hydrogens is 465 g/mol. The Bertz CT molecular complexity index is 1490. The molecule has 0 N–H and O–H groups in total. The highest BCUT2D eigenvalue weighted by molar-refractivity contribution is 6.30. The van der Waals surface area contributed by atoms with Crippen LogP contribution in [0.1, 0.15) is 27.4 Å². The summed E-state index contributed by atoms with van der Waals surface area (Å²) in [6, 6.07) is 21.7. The van der Waals surface area contributed by atoms with Crippen molar-refractivity contribution in [3.63, 3.8) is 0 Å². The number of alkyl halides is 3. The van der Waals surface area contributed by atoms with Crippen molar-refractivity contribution in [1.29, 1.82) is 0 Å². The van der Waals surface area contributed by atoms with Crippen LogP contribution in [0.4, 0.5) is 13.2 Å². The smallest absolute Gasteiger partial charge is 0.432 e. The number of hydrogen-bond acceptors (Lipinski definition) is 3. The van der Waals surface area contributed by atoms with Crippen LogP contribution >= 0.6 is 11.6 Å². The van der Waals surface area contributed by atoms with Crippen LogP contribution in [0.3, 0.4) is 0 Å². The second-order valence-corrected chi connectivity index (χ2v) is 8.11.